The van der Waals surface area contributed by atoms with Crippen LogP contribution in [0.1, 0.15) is 0 Å². The van der Waals surface area contributed by atoms with Crippen LogP contribution in [0.5, 0.6) is 0 Å². The Morgan fingerprint density at radius 2 is 2.00 bits per heavy atom. The van der Waals surface area contributed by atoms with E-state index in [9.17, 15) is 0 Å². The van der Waals surface area contributed by atoms with E-state index in [0.29, 0.717) is 6.61 Å². The first kappa shape index (κ1) is 11.4. The number of ether oxygens (including phenoxy) is 2. The standard InChI is InChI=1S/C4H11BO2.Zn/c1-6-3-4(5)7-2;/h4H,3,5H2,1-2H3;. The molecule has 0 radical (unpaired) electrons. The summed E-state index contributed by atoms with van der Waals surface area (Å²) >= 11 is 0. The quantitative estimate of drug-likeness (QED) is 0.514. The average Bonchev–Trinajstić information content (AvgIpc) is 1.68. The first-order chi connectivity index (χ1) is 3.31. The van der Waals surface area contributed by atoms with E-state index in [-0.39, 0.29) is 25.5 Å². The van der Waals surface area contributed by atoms with Crippen LogP contribution >= 0.6 is 0 Å². The fraction of sp³-hybridized carbons (Fsp3) is 1.00. The van der Waals surface area contributed by atoms with Gasteiger partial charge in [0, 0.05) is 39.7 Å². The number of rotatable bonds is 3. The first-order valence-electron chi connectivity index (χ1n) is 2.33. The van der Waals surface area contributed by atoms with Crippen molar-refractivity contribution >= 4 is 7.85 Å². The Labute approximate surface area is 64.1 Å². The summed E-state index contributed by atoms with van der Waals surface area (Å²) in [5, 5.41) is 0. The molecule has 44 valence electrons. The van der Waals surface area contributed by atoms with Crippen LogP contribution in [0.3, 0.4) is 0 Å². The molecule has 0 aliphatic heterocycles. The zero-order chi connectivity index (χ0) is 5.70. The average molecular weight is 167 g/mol. The van der Waals surface area contributed by atoms with Crippen molar-refractivity contribution in [3.05, 3.63) is 0 Å². The van der Waals surface area contributed by atoms with Gasteiger partial charge in [-0.1, -0.05) is 0 Å². The van der Waals surface area contributed by atoms with E-state index >= 15 is 0 Å². The zero-order valence-corrected chi connectivity index (χ0v) is 8.78. The van der Waals surface area contributed by atoms with Crippen molar-refractivity contribution in [3.8, 4) is 0 Å². The molecule has 0 aliphatic rings. The van der Waals surface area contributed by atoms with Crippen molar-refractivity contribution < 1.29 is 29.0 Å². The summed E-state index contributed by atoms with van der Waals surface area (Å²) in [6.07, 6.45) is 0. The molecule has 2 nitrogen and oxygen atoms in total. The molecule has 0 fully saturated rings. The summed E-state index contributed by atoms with van der Waals surface area (Å²) in [5.74, 6) is 0. The second-order valence-corrected chi connectivity index (χ2v) is 1.50. The summed E-state index contributed by atoms with van der Waals surface area (Å²) in [4.78, 5) is 0. The smallest absolute Gasteiger partial charge is 0.142 e. The van der Waals surface area contributed by atoms with E-state index in [4.69, 9.17) is 9.47 Å². The minimum atomic E-state index is 0. The predicted molar refractivity (Wildman–Crippen MR) is 31.2 cm³/mol. The van der Waals surface area contributed by atoms with Crippen molar-refractivity contribution in [2.45, 2.75) is 6.00 Å². The molecule has 0 saturated carbocycles. The van der Waals surface area contributed by atoms with Gasteiger partial charge in [-0.25, -0.2) is 0 Å². The molecule has 4 heteroatoms. The summed E-state index contributed by atoms with van der Waals surface area (Å²) in [6.45, 7) is 0.677. The molecule has 0 bridgehead atoms. The molecule has 0 N–H and O–H groups in total. The summed E-state index contributed by atoms with van der Waals surface area (Å²) in [5.41, 5.74) is 0. The van der Waals surface area contributed by atoms with Crippen molar-refractivity contribution in [2.24, 2.45) is 0 Å². The van der Waals surface area contributed by atoms with Crippen LogP contribution in [0.2, 0.25) is 0 Å². The van der Waals surface area contributed by atoms with Gasteiger partial charge in [0.05, 0.1) is 6.61 Å². The molecular weight excluding hydrogens is 156 g/mol. The fourth-order valence-electron chi connectivity index (χ4n) is 0.303. The zero-order valence-electron chi connectivity index (χ0n) is 5.81. The van der Waals surface area contributed by atoms with Gasteiger partial charge in [0.25, 0.3) is 0 Å². The maximum absolute atomic E-state index is 4.87. The van der Waals surface area contributed by atoms with Gasteiger partial charge < -0.3 is 9.47 Å². The van der Waals surface area contributed by atoms with E-state index in [2.05, 4.69) is 0 Å². The van der Waals surface area contributed by atoms with Crippen LogP contribution in [0.15, 0.2) is 0 Å². The third-order valence-corrected chi connectivity index (χ3v) is 0.804. The van der Waals surface area contributed by atoms with Crippen molar-refractivity contribution in [3.63, 3.8) is 0 Å². The van der Waals surface area contributed by atoms with Gasteiger partial charge in [0.15, 0.2) is 0 Å². The largest absolute Gasteiger partial charge is 0.388 e. The Morgan fingerprint density at radius 1 is 1.50 bits per heavy atom. The molecule has 0 saturated heterocycles. The molecule has 0 aliphatic carbocycles. The molecule has 0 aromatic rings. The number of hydrogen-bond acceptors (Lipinski definition) is 2. The van der Waals surface area contributed by atoms with Gasteiger partial charge in [0.2, 0.25) is 0 Å². The number of methoxy groups -OCH3 is 2. The fourth-order valence-corrected chi connectivity index (χ4v) is 0.303. The van der Waals surface area contributed by atoms with Gasteiger partial charge in [0.1, 0.15) is 7.85 Å². The second kappa shape index (κ2) is 7.61. The normalized spacial score (nSPS) is 12.2. The van der Waals surface area contributed by atoms with E-state index in [1.54, 1.807) is 14.2 Å². The molecule has 0 spiro atoms. The van der Waals surface area contributed by atoms with Gasteiger partial charge in [-0.15, -0.1) is 0 Å². The molecule has 0 aromatic carbocycles. The molecule has 0 amide bonds. The van der Waals surface area contributed by atoms with Crippen LogP contribution in [0.4, 0.5) is 0 Å². The Morgan fingerprint density at radius 3 is 2.12 bits per heavy atom. The van der Waals surface area contributed by atoms with E-state index < -0.39 is 0 Å². The third-order valence-electron chi connectivity index (χ3n) is 0.804. The van der Waals surface area contributed by atoms with E-state index in [0.717, 1.165) is 0 Å². The second-order valence-electron chi connectivity index (χ2n) is 1.50. The van der Waals surface area contributed by atoms with Gasteiger partial charge in [-0.2, -0.15) is 0 Å². The van der Waals surface area contributed by atoms with Gasteiger partial charge in [-0.3, -0.25) is 0 Å². The van der Waals surface area contributed by atoms with Crippen LogP contribution < -0.4 is 0 Å². The van der Waals surface area contributed by atoms with Crippen molar-refractivity contribution in [1.82, 2.24) is 0 Å². The molecule has 0 rings (SSSR count). The van der Waals surface area contributed by atoms with Crippen molar-refractivity contribution in [1.29, 1.82) is 0 Å². The summed E-state index contributed by atoms with van der Waals surface area (Å²) in [6, 6.07) is 0.227. The Bertz CT molecular complexity index is 45.0. The number of hydrogen-bond donors (Lipinski definition) is 0. The van der Waals surface area contributed by atoms with E-state index in [1.807, 2.05) is 7.85 Å². The summed E-state index contributed by atoms with van der Waals surface area (Å²) in [7, 11) is 5.29. The molecule has 0 heterocycles. The third kappa shape index (κ3) is 6.61. The minimum Gasteiger partial charge on any atom is -0.388 e. The summed E-state index contributed by atoms with van der Waals surface area (Å²) < 4.78 is 9.64. The maximum atomic E-state index is 4.87. The van der Waals surface area contributed by atoms with E-state index in [1.165, 1.54) is 0 Å². The molecule has 1 unspecified atom stereocenters. The monoisotopic (exact) mass is 166 g/mol. The molecule has 0 aromatic heterocycles. The van der Waals surface area contributed by atoms with Crippen LogP contribution in [-0.4, -0.2) is 34.7 Å². The van der Waals surface area contributed by atoms with Gasteiger partial charge >= 0.3 is 0 Å². The first-order valence-corrected chi connectivity index (χ1v) is 2.33. The Hall–Kier alpha value is 0.608. The topological polar surface area (TPSA) is 18.5 Å². The van der Waals surface area contributed by atoms with Crippen LogP contribution in [0.25, 0.3) is 0 Å². The SMILES string of the molecule is BC(COC)OC.[Zn]. The van der Waals surface area contributed by atoms with Gasteiger partial charge in [-0.05, 0) is 0 Å². The predicted octanol–water partition coefficient (Wildman–Crippen LogP) is -0.764. The van der Waals surface area contributed by atoms with Crippen molar-refractivity contribution in [2.75, 3.05) is 20.8 Å². The molecule has 1 atom stereocenters. The minimum absolute atomic E-state index is 0. The molecular formula is C4H11BO2Zn. The maximum Gasteiger partial charge on any atom is 0.142 e. The Balaban J connectivity index is 0. The Kier molecular flexibility index (Phi) is 10.9. The molecule has 8 heavy (non-hydrogen) atoms. The van der Waals surface area contributed by atoms with Crippen LogP contribution in [0, 0.1) is 0 Å². The van der Waals surface area contributed by atoms with Crippen LogP contribution in [-0.2, 0) is 29.0 Å².